The Kier molecular flexibility index (Phi) is 9.29. The van der Waals surface area contributed by atoms with E-state index in [0.29, 0.717) is 36.2 Å². The molecule has 1 aliphatic rings. The van der Waals surface area contributed by atoms with Gasteiger partial charge in [0.2, 0.25) is 0 Å². The van der Waals surface area contributed by atoms with Gasteiger partial charge in [-0.25, -0.2) is 0 Å². The van der Waals surface area contributed by atoms with E-state index in [-0.39, 0.29) is 44.3 Å². The molecule has 1 aliphatic heterocycles. The second-order valence-electron chi connectivity index (χ2n) is 8.65. The first-order valence-electron chi connectivity index (χ1n) is 11.8. The van der Waals surface area contributed by atoms with Crippen LogP contribution < -0.4 is 10.1 Å². The lowest BCUT2D eigenvalue weighted by atomic mass is 10.0. The highest BCUT2D eigenvalue weighted by Crippen LogP contribution is 2.38. The molecule has 0 bridgehead atoms. The molecule has 0 amide bonds. The number of alkyl halides is 6. The number of carbonyl (C=O) groups is 1. The molecule has 2 aromatic carbocycles. The van der Waals surface area contributed by atoms with E-state index in [1.807, 2.05) is 6.92 Å². The quantitative estimate of drug-likeness (QED) is 0.290. The summed E-state index contributed by atoms with van der Waals surface area (Å²) < 4.78 is 85.7. The van der Waals surface area contributed by atoms with Gasteiger partial charge in [-0.15, -0.1) is 0 Å². The Morgan fingerprint density at radius 2 is 1.87 bits per heavy atom. The van der Waals surface area contributed by atoms with Crippen LogP contribution in [0.15, 0.2) is 59.2 Å². The van der Waals surface area contributed by atoms with Gasteiger partial charge in [-0.1, -0.05) is 25.1 Å². The van der Waals surface area contributed by atoms with Crippen LogP contribution in [-0.4, -0.2) is 41.6 Å². The number of hydrogen-bond donors (Lipinski definition) is 2. The van der Waals surface area contributed by atoms with Crippen molar-refractivity contribution in [2.45, 2.75) is 45.1 Å². The van der Waals surface area contributed by atoms with Crippen molar-refractivity contribution in [3.05, 3.63) is 76.5 Å². The van der Waals surface area contributed by atoms with Gasteiger partial charge in [-0.05, 0) is 47.4 Å². The number of guanidine groups is 1. The van der Waals surface area contributed by atoms with Gasteiger partial charge >= 0.3 is 18.3 Å². The van der Waals surface area contributed by atoms with Gasteiger partial charge in [-0.3, -0.25) is 9.79 Å². The molecule has 0 fully saturated rings. The molecule has 0 saturated heterocycles. The Balaban J connectivity index is 1.70. The van der Waals surface area contributed by atoms with Crippen molar-refractivity contribution in [3.8, 4) is 5.75 Å². The number of carboxylic acids is 1. The Bertz CT molecular complexity index is 1190. The number of hydrogen-bond acceptors (Lipinski definition) is 3. The van der Waals surface area contributed by atoms with E-state index in [1.54, 1.807) is 35.4 Å². The molecule has 6 nitrogen and oxygen atoms in total. The smallest absolute Gasteiger partial charge is 0.416 e. The Morgan fingerprint density at radius 3 is 2.53 bits per heavy atom. The average molecular weight is 544 g/mol. The number of nitrogens with one attached hydrogen (secondary N) is 1. The van der Waals surface area contributed by atoms with Gasteiger partial charge in [0.25, 0.3) is 0 Å². The van der Waals surface area contributed by atoms with Crippen LogP contribution >= 0.6 is 0 Å². The number of carboxylic acid groups (broad SMARTS) is 1. The fraction of sp³-hybridized carbons (Fsp3) is 0.385. The third kappa shape index (κ3) is 8.15. The molecule has 0 unspecified atom stereocenters. The Labute approximate surface area is 215 Å². The van der Waals surface area contributed by atoms with Crippen molar-refractivity contribution in [1.29, 1.82) is 0 Å². The van der Waals surface area contributed by atoms with Crippen LogP contribution in [0.2, 0.25) is 0 Å². The normalized spacial score (nSPS) is 15.3. The first kappa shape index (κ1) is 28.9. The zero-order chi connectivity index (χ0) is 27.9. The number of nitrogens with zero attached hydrogens (tertiary/aromatic N) is 2. The molecule has 0 saturated carbocycles. The second kappa shape index (κ2) is 12.2. The van der Waals surface area contributed by atoms with Gasteiger partial charge in [0.1, 0.15) is 5.75 Å². The van der Waals surface area contributed by atoms with Crippen molar-refractivity contribution in [1.82, 2.24) is 10.2 Å². The number of ether oxygens (including phenoxy) is 1. The van der Waals surface area contributed by atoms with Crippen LogP contribution in [0.3, 0.4) is 0 Å². The minimum atomic E-state index is -4.96. The minimum absolute atomic E-state index is 0.130. The minimum Gasteiger partial charge on any atom is -0.494 e. The molecular weight excluding hydrogens is 516 g/mol. The molecule has 0 aliphatic carbocycles. The summed E-state index contributed by atoms with van der Waals surface area (Å²) in [5.41, 5.74) is -1.49. The fourth-order valence-corrected chi connectivity index (χ4v) is 3.83. The second-order valence-corrected chi connectivity index (χ2v) is 8.65. The summed E-state index contributed by atoms with van der Waals surface area (Å²) in [6.07, 6.45) is -7.17. The zero-order valence-corrected chi connectivity index (χ0v) is 20.5. The molecule has 0 spiro atoms. The van der Waals surface area contributed by atoms with Gasteiger partial charge in [0.05, 0.1) is 24.2 Å². The standard InChI is InChI=1S/C26H27F6N3O3/c1-2-17-14-34-24(33-9-4-10-38-21-6-3-5-18(11-21)12-23(36)37)35(15-17)16-19-7-8-20(25(27,28)29)13-22(19)26(30,31)32/h3,5-8,11,13-14H,2,4,9-10,12,15-16H2,1H3,(H,33,34)(H,36,37). The molecule has 2 N–H and O–H groups in total. The molecule has 1 heterocycles. The van der Waals surface area contributed by atoms with Crippen LogP contribution in [0.1, 0.15) is 42.0 Å². The van der Waals surface area contributed by atoms with Gasteiger partial charge in [0, 0.05) is 32.3 Å². The largest absolute Gasteiger partial charge is 0.494 e. The van der Waals surface area contributed by atoms with Gasteiger partial charge < -0.3 is 20.1 Å². The summed E-state index contributed by atoms with van der Waals surface area (Å²) in [6, 6.07) is 8.34. The molecule has 206 valence electrons. The highest BCUT2D eigenvalue weighted by molar-refractivity contribution is 5.82. The van der Waals surface area contributed by atoms with Crippen molar-refractivity contribution >= 4 is 11.9 Å². The van der Waals surface area contributed by atoms with Crippen molar-refractivity contribution < 1.29 is 41.0 Å². The molecule has 2 aromatic rings. The van der Waals surface area contributed by atoms with Gasteiger partial charge in [-0.2, -0.15) is 26.3 Å². The first-order valence-corrected chi connectivity index (χ1v) is 11.8. The average Bonchev–Trinajstić information content (AvgIpc) is 2.83. The van der Waals surface area contributed by atoms with Crippen molar-refractivity contribution in [2.75, 3.05) is 19.7 Å². The van der Waals surface area contributed by atoms with E-state index in [1.165, 1.54) is 0 Å². The molecule has 0 aromatic heterocycles. The van der Waals surface area contributed by atoms with Crippen LogP contribution in [0.5, 0.6) is 5.75 Å². The molecule has 0 atom stereocenters. The van der Waals surface area contributed by atoms with E-state index in [4.69, 9.17) is 9.84 Å². The Hall–Kier alpha value is -3.70. The monoisotopic (exact) mass is 543 g/mol. The maximum Gasteiger partial charge on any atom is 0.416 e. The van der Waals surface area contributed by atoms with E-state index >= 15 is 0 Å². The summed E-state index contributed by atoms with van der Waals surface area (Å²) in [6.45, 7) is 2.40. The predicted octanol–water partition coefficient (Wildman–Crippen LogP) is 5.88. The number of aliphatic imine (C=N–C) groups is 1. The molecule has 3 rings (SSSR count). The summed E-state index contributed by atoms with van der Waals surface area (Å²) >= 11 is 0. The number of halogens is 6. The number of aliphatic carboxylic acids is 1. The lowest BCUT2D eigenvalue weighted by Gasteiger charge is -2.32. The Morgan fingerprint density at radius 1 is 1.11 bits per heavy atom. The maximum atomic E-state index is 13.6. The summed E-state index contributed by atoms with van der Waals surface area (Å²) in [5, 5.41) is 11.9. The maximum absolute atomic E-state index is 13.6. The molecule has 38 heavy (non-hydrogen) atoms. The van der Waals surface area contributed by atoms with Crippen LogP contribution in [-0.2, 0) is 30.1 Å². The summed E-state index contributed by atoms with van der Waals surface area (Å²) in [5.74, 6) is -0.147. The molecule has 0 radical (unpaired) electrons. The van der Waals surface area contributed by atoms with Crippen molar-refractivity contribution in [2.24, 2.45) is 4.99 Å². The van der Waals surface area contributed by atoms with E-state index in [9.17, 15) is 31.1 Å². The van der Waals surface area contributed by atoms with Crippen LogP contribution in [0.4, 0.5) is 26.3 Å². The van der Waals surface area contributed by atoms with Crippen LogP contribution in [0, 0.1) is 0 Å². The third-order valence-corrected chi connectivity index (χ3v) is 5.74. The topological polar surface area (TPSA) is 74.2 Å². The molecule has 12 heteroatoms. The zero-order valence-electron chi connectivity index (χ0n) is 20.5. The SMILES string of the molecule is CCC1=CNC(=NCCCOc2cccc(CC(=O)O)c2)N(Cc2ccc(C(F)(F)F)cc2C(F)(F)F)C1. The highest BCUT2D eigenvalue weighted by Gasteiger charge is 2.38. The first-order chi connectivity index (χ1) is 17.9. The number of rotatable bonds is 10. The highest BCUT2D eigenvalue weighted by atomic mass is 19.4. The van der Waals surface area contributed by atoms with Gasteiger partial charge in [0.15, 0.2) is 5.96 Å². The summed E-state index contributed by atoms with van der Waals surface area (Å²) in [7, 11) is 0. The third-order valence-electron chi connectivity index (χ3n) is 5.74. The van der Waals surface area contributed by atoms with E-state index in [2.05, 4.69) is 10.3 Å². The summed E-state index contributed by atoms with van der Waals surface area (Å²) in [4.78, 5) is 16.9. The van der Waals surface area contributed by atoms with Crippen molar-refractivity contribution in [3.63, 3.8) is 0 Å². The lowest BCUT2D eigenvalue weighted by Crippen LogP contribution is -2.44. The van der Waals surface area contributed by atoms with Crippen LogP contribution in [0.25, 0.3) is 0 Å². The predicted molar refractivity (Wildman–Crippen MR) is 129 cm³/mol. The number of benzene rings is 2. The fourth-order valence-electron chi connectivity index (χ4n) is 3.83. The van der Waals surface area contributed by atoms with E-state index in [0.717, 1.165) is 11.6 Å². The lowest BCUT2D eigenvalue weighted by molar-refractivity contribution is -0.143. The molecular formula is C26H27F6N3O3. The van der Waals surface area contributed by atoms with E-state index < -0.39 is 29.4 Å².